The van der Waals surface area contributed by atoms with Crippen LogP contribution in [0.3, 0.4) is 0 Å². The maximum Gasteiger partial charge on any atom is 0.258 e. The van der Waals surface area contributed by atoms with Crippen molar-refractivity contribution in [2.75, 3.05) is 13.2 Å². The van der Waals surface area contributed by atoms with Gasteiger partial charge in [-0.3, -0.25) is 4.79 Å². The number of amides is 1. The van der Waals surface area contributed by atoms with Crippen LogP contribution < -0.4 is 15.8 Å². The average Bonchev–Trinajstić information content (AvgIpc) is 2.35. The monoisotopic (exact) mass is 236 g/mol. The van der Waals surface area contributed by atoms with Crippen LogP contribution in [0.15, 0.2) is 30.3 Å². The molecule has 1 atom stereocenters. The van der Waals surface area contributed by atoms with Crippen LogP contribution in [-0.2, 0) is 4.79 Å². The third-order valence-electron chi connectivity index (χ3n) is 2.36. The number of benzene rings is 1. The van der Waals surface area contributed by atoms with Gasteiger partial charge in [-0.2, -0.15) is 0 Å². The first-order valence-corrected chi connectivity index (χ1v) is 5.89. The van der Waals surface area contributed by atoms with Gasteiger partial charge >= 0.3 is 0 Å². The van der Waals surface area contributed by atoms with Gasteiger partial charge in [0.1, 0.15) is 5.75 Å². The number of ether oxygens (including phenoxy) is 1. The molecule has 0 saturated heterocycles. The summed E-state index contributed by atoms with van der Waals surface area (Å²) in [7, 11) is 0. The van der Waals surface area contributed by atoms with Crippen molar-refractivity contribution in [2.45, 2.75) is 25.8 Å². The van der Waals surface area contributed by atoms with E-state index in [1.54, 1.807) is 0 Å². The highest BCUT2D eigenvalue weighted by Gasteiger charge is 2.07. The zero-order valence-electron chi connectivity index (χ0n) is 10.2. The van der Waals surface area contributed by atoms with Crippen LogP contribution >= 0.6 is 0 Å². The molecule has 4 heteroatoms. The maximum absolute atomic E-state index is 11.5. The second-order valence-corrected chi connectivity index (χ2v) is 4.00. The molecule has 0 radical (unpaired) electrons. The van der Waals surface area contributed by atoms with Crippen molar-refractivity contribution in [1.29, 1.82) is 0 Å². The third-order valence-corrected chi connectivity index (χ3v) is 2.36. The first-order chi connectivity index (χ1) is 8.22. The van der Waals surface area contributed by atoms with E-state index in [0.29, 0.717) is 12.3 Å². The predicted molar refractivity (Wildman–Crippen MR) is 67.8 cm³/mol. The van der Waals surface area contributed by atoms with Crippen LogP contribution in [0.5, 0.6) is 5.75 Å². The molecule has 0 saturated carbocycles. The fraction of sp³-hybridized carbons (Fsp3) is 0.462. The quantitative estimate of drug-likeness (QED) is 0.750. The van der Waals surface area contributed by atoms with E-state index >= 15 is 0 Å². The van der Waals surface area contributed by atoms with E-state index in [1.165, 1.54) is 0 Å². The standard InChI is InChI=1S/C13H20N2O2/c1-11(6-5-9-14)15-13(16)10-17-12-7-3-2-4-8-12/h2-4,7-8,11H,5-6,9-10,14H2,1H3,(H,15,16). The highest BCUT2D eigenvalue weighted by atomic mass is 16.5. The van der Waals surface area contributed by atoms with Crippen molar-refractivity contribution in [3.8, 4) is 5.75 Å². The van der Waals surface area contributed by atoms with E-state index in [-0.39, 0.29) is 18.6 Å². The normalized spacial score (nSPS) is 11.9. The summed E-state index contributed by atoms with van der Waals surface area (Å²) in [4.78, 5) is 11.5. The zero-order chi connectivity index (χ0) is 12.5. The van der Waals surface area contributed by atoms with Crippen LogP contribution in [0.25, 0.3) is 0 Å². The van der Waals surface area contributed by atoms with Crippen molar-refractivity contribution < 1.29 is 9.53 Å². The minimum atomic E-state index is -0.0987. The summed E-state index contributed by atoms with van der Waals surface area (Å²) in [5, 5.41) is 2.87. The SMILES string of the molecule is CC(CCCN)NC(=O)COc1ccccc1. The molecule has 0 aliphatic rings. The molecule has 94 valence electrons. The summed E-state index contributed by atoms with van der Waals surface area (Å²) < 4.78 is 5.34. The Bertz CT molecular complexity index is 327. The van der Waals surface area contributed by atoms with Crippen molar-refractivity contribution in [1.82, 2.24) is 5.32 Å². The summed E-state index contributed by atoms with van der Waals surface area (Å²) in [6, 6.07) is 9.44. The van der Waals surface area contributed by atoms with Crippen LogP contribution in [0.2, 0.25) is 0 Å². The first-order valence-electron chi connectivity index (χ1n) is 5.89. The van der Waals surface area contributed by atoms with Gasteiger partial charge in [-0.25, -0.2) is 0 Å². The molecule has 1 amide bonds. The molecule has 0 aliphatic carbocycles. The summed E-state index contributed by atoms with van der Waals surface area (Å²) >= 11 is 0. The van der Waals surface area contributed by atoms with E-state index in [0.717, 1.165) is 12.8 Å². The molecule has 0 bridgehead atoms. The van der Waals surface area contributed by atoms with E-state index in [9.17, 15) is 4.79 Å². The molecule has 1 unspecified atom stereocenters. The summed E-state index contributed by atoms with van der Waals surface area (Å²) in [6.07, 6.45) is 1.81. The van der Waals surface area contributed by atoms with Gasteiger partial charge in [0.15, 0.2) is 6.61 Å². The Morgan fingerprint density at radius 3 is 2.76 bits per heavy atom. The fourth-order valence-corrected chi connectivity index (χ4v) is 1.48. The number of rotatable bonds is 7. The lowest BCUT2D eigenvalue weighted by Crippen LogP contribution is -2.36. The second-order valence-electron chi connectivity index (χ2n) is 4.00. The Balaban J connectivity index is 2.21. The molecule has 17 heavy (non-hydrogen) atoms. The Kier molecular flexibility index (Phi) is 6.10. The molecule has 0 heterocycles. The Morgan fingerprint density at radius 1 is 1.41 bits per heavy atom. The molecule has 1 aromatic carbocycles. The number of hydrogen-bond donors (Lipinski definition) is 2. The van der Waals surface area contributed by atoms with Crippen LogP contribution in [0, 0.1) is 0 Å². The third kappa shape index (κ3) is 5.92. The molecule has 0 spiro atoms. The highest BCUT2D eigenvalue weighted by Crippen LogP contribution is 2.07. The van der Waals surface area contributed by atoms with Crippen molar-refractivity contribution in [3.05, 3.63) is 30.3 Å². The Hall–Kier alpha value is -1.55. The van der Waals surface area contributed by atoms with Gasteiger partial charge in [0.25, 0.3) is 5.91 Å². The molecule has 1 rings (SSSR count). The molecular weight excluding hydrogens is 216 g/mol. The van der Waals surface area contributed by atoms with Gasteiger partial charge < -0.3 is 15.8 Å². The zero-order valence-corrected chi connectivity index (χ0v) is 10.2. The Morgan fingerprint density at radius 2 is 2.12 bits per heavy atom. The van der Waals surface area contributed by atoms with E-state index in [4.69, 9.17) is 10.5 Å². The number of nitrogens with two attached hydrogens (primary N) is 1. The van der Waals surface area contributed by atoms with E-state index in [1.807, 2.05) is 37.3 Å². The van der Waals surface area contributed by atoms with Crippen LogP contribution in [-0.4, -0.2) is 25.1 Å². The van der Waals surface area contributed by atoms with Crippen molar-refractivity contribution >= 4 is 5.91 Å². The number of nitrogens with one attached hydrogen (secondary N) is 1. The molecule has 1 aromatic rings. The second kappa shape index (κ2) is 7.68. The minimum absolute atomic E-state index is 0.0526. The summed E-state index contributed by atoms with van der Waals surface area (Å²) in [6.45, 7) is 2.67. The largest absolute Gasteiger partial charge is 0.484 e. The smallest absolute Gasteiger partial charge is 0.258 e. The summed E-state index contributed by atoms with van der Waals surface area (Å²) in [5.74, 6) is 0.607. The van der Waals surface area contributed by atoms with Gasteiger partial charge in [-0.15, -0.1) is 0 Å². The molecule has 0 aliphatic heterocycles. The lowest BCUT2D eigenvalue weighted by atomic mass is 10.2. The predicted octanol–water partition coefficient (Wildman–Crippen LogP) is 1.31. The van der Waals surface area contributed by atoms with Crippen molar-refractivity contribution in [2.24, 2.45) is 5.73 Å². The first kappa shape index (κ1) is 13.5. The molecular formula is C13H20N2O2. The maximum atomic E-state index is 11.5. The molecule has 4 nitrogen and oxygen atoms in total. The van der Waals surface area contributed by atoms with Crippen LogP contribution in [0.1, 0.15) is 19.8 Å². The number of carbonyl (C=O) groups excluding carboxylic acids is 1. The van der Waals surface area contributed by atoms with Gasteiger partial charge in [0.05, 0.1) is 0 Å². The number of para-hydroxylation sites is 1. The summed E-state index contributed by atoms with van der Waals surface area (Å²) in [5.41, 5.74) is 5.40. The lowest BCUT2D eigenvalue weighted by molar-refractivity contribution is -0.123. The Labute approximate surface area is 102 Å². The van der Waals surface area contributed by atoms with Gasteiger partial charge in [0, 0.05) is 6.04 Å². The lowest BCUT2D eigenvalue weighted by Gasteiger charge is -2.13. The molecule has 0 fully saturated rings. The van der Waals surface area contributed by atoms with Crippen LogP contribution in [0.4, 0.5) is 0 Å². The van der Waals surface area contributed by atoms with E-state index < -0.39 is 0 Å². The minimum Gasteiger partial charge on any atom is -0.484 e. The number of hydrogen-bond acceptors (Lipinski definition) is 3. The highest BCUT2D eigenvalue weighted by molar-refractivity contribution is 5.77. The van der Waals surface area contributed by atoms with E-state index in [2.05, 4.69) is 5.32 Å². The van der Waals surface area contributed by atoms with Gasteiger partial charge in [-0.1, -0.05) is 18.2 Å². The van der Waals surface area contributed by atoms with Gasteiger partial charge in [0.2, 0.25) is 0 Å². The van der Waals surface area contributed by atoms with Crippen molar-refractivity contribution in [3.63, 3.8) is 0 Å². The van der Waals surface area contributed by atoms with Gasteiger partial charge in [-0.05, 0) is 38.4 Å². The molecule has 0 aromatic heterocycles. The number of carbonyl (C=O) groups is 1. The average molecular weight is 236 g/mol. The fourth-order valence-electron chi connectivity index (χ4n) is 1.48. The topological polar surface area (TPSA) is 64.3 Å². The molecule has 3 N–H and O–H groups in total.